The molecule has 0 aromatic heterocycles. The van der Waals surface area contributed by atoms with Gasteiger partial charge in [-0.15, -0.1) is 0 Å². The summed E-state index contributed by atoms with van der Waals surface area (Å²) in [6.45, 7) is 1.66. The Balaban J connectivity index is 2.25. The SMILES string of the molecule is CCCCC[C@@H](O)/C=C/[C@H]1CCC(=O)[C@@H]1CCCCCCC(=O)N[C@@H](CO)C(=O)OC. The minimum atomic E-state index is -1.01. The number of hydrogen-bond acceptors (Lipinski definition) is 6. The molecule has 31 heavy (non-hydrogen) atoms. The minimum absolute atomic E-state index is 0.0489. The van der Waals surface area contributed by atoms with E-state index < -0.39 is 24.7 Å². The van der Waals surface area contributed by atoms with Crippen LogP contribution in [0.15, 0.2) is 12.2 Å². The Hall–Kier alpha value is -1.73. The minimum Gasteiger partial charge on any atom is -0.467 e. The molecule has 1 saturated carbocycles. The first-order valence-electron chi connectivity index (χ1n) is 11.8. The number of carbonyl (C=O) groups excluding carboxylic acids is 3. The van der Waals surface area contributed by atoms with E-state index in [0.717, 1.165) is 57.8 Å². The van der Waals surface area contributed by atoms with E-state index in [0.29, 0.717) is 18.6 Å². The first kappa shape index (κ1) is 27.3. The zero-order valence-electron chi connectivity index (χ0n) is 19.2. The van der Waals surface area contributed by atoms with Gasteiger partial charge in [-0.05, 0) is 31.6 Å². The lowest BCUT2D eigenvalue weighted by atomic mass is 9.89. The molecule has 7 heteroatoms. The van der Waals surface area contributed by atoms with Crippen LogP contribution >= 0.6 is 0 Å². The predicted molar refractivity (Wildman–Crippen MR) is 119 cm³/mol. The molecule has 1 fully saturated rings. The average molecular weight is 440 g/mol. The monoisotopic (exact) mass is 439 g/mol. The Kier molecular flexibility index (Phi) is 14.1. The number of ether oxygens (including phenoxy) is 1. The molecule has 178 valence electrons. The number of rotatable bonds is 16. The zero-order chi connectivity index (χ0) is 23.1. The van der Waals surface area contributed by atoms with Gasteiger partial charge in [0, 0.05) is 18.8 Å². The van der Waals surface area contributed by atoms with Crippen molar-refractivity contribution in [2.24, 2.45) is 11.8 Å². The smallest absolute Gasteiger partial charge is 0.330 e. The van der Waals surface area contributed by atoms with Gasteiger partial charge in [0.05, 0.1) is 19.8 Å². The number of nitrogens with one attached hydrogen (secondary N) is 1. The van der Waals surface area contributed by atoms with Crippen LogP contribution in [0.25, 0.3) is 0 Å². The molecular formula is C24H41NO6. The highest BCUT2D eigenvalue weighted by atomic mass is 16.5. The highest BCUT2D eigenvalue weighted by molar-refractivity contribution is 5.84. The summed E-state index contributed by atoms with van der Waals surface area (Å²) < 4.78 is 4.52. The molecule has 7 nitrogen and oxygen atoms in total. The Morgan fingerprint density at radius 3 is 2.61 bits per heavy atom. The molecule has 0 unspecified atom stereocenters. The fourth-order valence-corrected chi connectivity index (χ4v) is 4.10. The quantitative estimate of drug-likeness (QED) is 0.194. The molecule has 0 saturated heterocycles. The van der Waals surface area contributed by atoms with E-state index in [9.17, 15) is 19.5 Å². The van der Waals surface area contributed by atoms with Gasteiger partial charge < -0.3 is 20.3 Å². The second kappa shape index (κ2) is 16.0. The number of allylic oxidation sites excluding steroid dienone is 1. The van der Waals surface area contributed by atoms with Crippen molar-refractivity contribution in [3.05, 3.63) is 12.2 Å². The molecule has 0 aromatic rings. The number of carbonyl (C=O) groups is 3. The van der Waals surface area contributed by atoms with E-state index in [-0.39, 0.29) is 24.2 Å². The number of amides is 1. The zero-order valence-corrected chi connectivity index (χ0v) is 19.2. The van der Waals surface area contributed by atoms with E-state index in [1.807, 2.05) is 6.08 Å². The molecule has 0 heterocycles. The second-order valence-electron chi connectivity index (χ2n) is 8.50. The first-order chi connectivity index (χ1) is 14.9. The standard InChI is InChI=1S/C24H41NO6/c1-3-4-7-10-19(27)15-13-18-14-16-22(28)20(18)11-8-5-6-9-12-23(29)25-21(17-26)24(30)31-2/h13,15,18-21,26-27H,3-12,14,16-17H2,1-2H3,(H,25,29)/b15-13+/t18-,19+,20+,21-/m0/s1. The van der Waals surface area contributed by atoms with Crippen molar-refractivity contribution < 1.29 is 29.3 Å². The molecule has 0 radical (unpaired) electrons. The molecule has 0 aromatic carbocycles. The molecule has 1 aliphatic carbocycles. The van der Waals surface area contributed by atoms with Crippen LogP contribution in [0.5, 0.6) is 0 Å². The molecule has 1 amide bonds. The van der Waals surface area contributed by atoms with Crippen molar-refractivity contribution in [2.75, 3.05) is 13.7 Å². The fourth-order valence-electron chi connectivity index (χ4n) is 4.10. The third kappa shape index (κ3) is 10.9. The fraction of sp³-hybridized carbons (Fsp3) is 0.792. The molecule has 4 atom stereocenters. The molecule has 0 bridgehead atoms. The first-order valence-corrected chi connectivity index (χ1v) is 11.8. The highest BCUT2D eigenvalue weighted by Crippen LogP contribution is 2.34. The molecule has 3 N–H and O–H groups in total. The van der Waals surface area contributed by atoms with E-state index >= 15 is 0 Å². The van der Waals surface area contributed by atoms with E-state index in [4.69, 9.17) is 5.11 Å². The van der Waals surface area contributed by atoms with Crippen molar-refractivity contribution in [2.45, 2.75) is 96.1 Å². The lowest BCUT2D eigenvalue weighted by molar-refractivity contribution is -0.146. The van der Waals surface area contributed by atoms with Crippen LogP contribution in [0.2, 0.25) is 0 Å². The van der Waals surface area contributed by atoms with Crippen LogP contribution < -0.4 is 5.32 Å². The van der Waals surface area contributed by atoms with Crippen molar-refractivity contribution in [1.29, 1.82) is 0 Å². The van der Waals surface area contributed by atoms with Crippen molar-refractivity contribution >= 4 is 17.7 Å². The topological polar surface area (TPSA) is 113 Å². The summed E-state index contributed by atoms with van der Waals surface area (Å²) >= 11 is 0. The predicted octanol–water partition coefficient (Wildman–Crippen LogP) is 3.07. The van der Waals surface area contributed by atoms with Crippen LogP contribution in [0.1, 0.15) is 84.0 Å². The maximum atomic E-state index is 12.3. The maximum absolute atomic E-state index is 12.3. The summed E-state index contributed by atoms with van der Waals surface area (Å²) in [5.41, 5.74) is 0. The molecule has 1 aliphatic rings. The van der Waals surface area contributed by atoms with E-state index in [1.165, 1.54) is 7.11 Å². The Bertz CT molecular complexity index is 576. The summed E-state index contributed by atoms with van der Waals surface area (Å²) in [5, 5.41) is 21.7. The summed E-state index contributed by atoms with van der Waals surface area (Å²) in [6.07, 6.45) is 13.6. The number of esters is 1. The molecule has 0 aliphatic heterocycles. The number of methoxy groups -OCH3 is 1. The lowest BCUT2D eigenvalue weighted by Gasteiger charge is -2.16. The van der Waals surface area contributed by atoms with Gasteiger partial charge in [-0.25, -0.2) is 4.79 Å². The Morgan fingerprint density at radius 2 is 1.94 bits per heavy atom. The van der Waals surface area contributed by atoms with Gasteiger partial charge in [0.1, 0.15) is 5.78 Å². The average Bonchev–Trinajstić information content (AvgIpc) is 3.11. The Morgan fingerprint density at radius 1 is 1.19 bits per heavy atom. The van der Waals surface area contributed by atoms with Crippen LogP contribution in [-0.4, -0.2) is 53.7 Å². The van der Waals surface area contributed by atoms with Crippen LogP contribution in [0.4, 0.5) is 0 Å². The number of aliphatic hydroxyl groups excluding tert-OH is 2. The van der Waals surface area contributed by atoms with Gasteiger partial charge in [-0.1, -0.05) is 57.6 Å². The van der Waals surface area contributed by atoms with Crippen molar-refractivity contribution in [1.82, 2.24) is 5.32 Å². The molecule has 1 rings (SSSR count). The van der Waals surface area contributed by atoms with Crippen LogP contribution in [0.3, 0.4) is 0 Å². The largest absolute Gasteiger partial charge is 0.467 e. The number of ketones is 1. The van der Waals surface area contributed by atoms with Crippen LogP contribution in [-0.2, 0) is 19.1 Å². The maximum Gasteiger partial charge on any atom is 0.330 e. The van der Waals surface area contributed by atoms with Gasteiger partial charge in [0.2, 0.25) is 5.91 Å². The summed E-state index contributed by atoms with van der Waals surface area (Å²) in [6, 6.07) is -1.01. The lowest BCUT2D eigenvalue weighted by Crippen LogP contribution is -2.43. The van der Waals surface area contributed by atoms with Crippen molar-refractivity contribution in [3.63, 3.8) is 0 Å². The van der Waals surface area contributed by atoms with E-state index in [1.54, 1.807) is 0 Å². The summed E-state index contributed by atoms with van der Waals surface area (Å²) in [7, 11) is 1.21. The summed E-state index contributed by atoms with van der Waals surface area (Å²) in [4.78, 5) is 35.5. The Labute approximate surface area is 186 Å². The summed E-state index contributed by atoms with van der Waals surface area (Å²) in [5.74, 6) is -0.333. The number of Topliss-reactive ketones (excluding diaryl/α,β-unsaturated/α-hetero) is 1. The second-order valence-corrected chi connectivity index (χ2v) is 8.50. The van der Waals surface area contributed by atoms with Crippen LogP contribution in [0, 0.1) is 11.8 Å². The number of unbranched alkanes of at least 4 members (excludes halogenated alkanes) is 5. The highest BCUT2D eigenvalue weighted by Gasteiger charge is 2.32. The number of aliphatic hydroxyl groups is 2. The van der Waals surface area contributed by atoms with Gasteiger partial charge in [-0.3, -0.25) is 9.59 Å². The van der Waals surface area contributed by atoms with Crippen molar-refractivity contribution in [3.8, 4) is 0 Å². The van der Waals surface area contributed by atoms with E-state index in [2.05, 4.69) is 23.1 Å². The third-order valence-corrected chi connectivity index (χ3v) is 6.01. The molecular weight excluding hydrogens is 398 g/mol. The third-order valence-electron chi connectivity index (χ3n) is 6.01. The van der Waals surface area contributed by atoms with Gasteiger partial charge >= 0.3 is 5.97 Å². The molecule has 0 spiro atoms. The van der Waals surface area contributed by atoms with Gasteiger partial charge in [-0.2, -0.15) is 0 Å². The van der Waals surface area contributed by atoms with Gasteiger partial charge in [0.25, 0.3) is 0 Å². The number of hydrogen-bond donors (Lipinski definition) is 3. The van der Waals surface area contributed by atoms with Gasteiger partial charge in [0.15, 0.2) is 6.04 Å². The normalized spacial score (nSPS) is 20.7.